The first-order valence-corrected chi connectivity index (χ1v) is 1.82. The summed E-state index contributed by atoms with van der Waals surface area (Å²) < 4.78 is 0. The molecule has 0 aliphatic heterocycles. The maximum atomic E-state index is 8.89. The Hall–Kier alpha value is 1.20. The molecule has 10 heavy (non-hydrogen) atoms. The number of carboxylic acid groups (broad SMARTS) is 2. The monoisotopic (exact) mass is 182 g/mol. The molecule has 0 aromatic rings. The molecule has 4 nitrogen and oxygen atoms in total. The van der Waals surface area contributed by atoms with Crippen molar-refractivity contribution >= 4 is 79.2 Å². The van der Waals surface area contributed by atoms with Crippen molar-refractivity contribution in [2.75, 3.05) is 0 Å². The second-order valence-electron chi connectivity index (χ2n) is 0.983. The molecule has 0 atom stereocenters. The van der Waals surface area contributed by atoms with Crippen LogP contribution in [0.25, 0.3) is 0 Å². The molecule has 0 amide bonds. The molecule has 0 unspecified atom stereocenters. The van der Waals surface area contributed by atoms with Crippen molar-refractivity contribution in [2.45, 2.75) is 13.8 Å². The van der Waals surface area contributed by atoms with Gasteiger partial charge in [-0.1, -0.05) is 0 Å². The fourth-order valence-corrected chi connectivity index (χ4v) is 0. The molecule has 0 aliphatic carbocycles. The summed E-state index contributed by atoms with van der Waals surface area (Å²) >= 11 is 0. The SMILES string of the molecule is CC(=O)[O-].CC(=O)[O-].[Ca+2].[NaH]. The molecule has 0 spiro atoms. The predicted octanol–water partition coefficient (Wildman–Crippen LogP) is -3.52. The van der Waals surface area contributed by atoms with Gasteiger partial charge >= 0.3 is 67.3 Å². The first-order valence-electron chi connectivity index (χ1n) is 1.82. The van der Waals surface area contributed by atoms with Crippen molar-refractivity contribution in [3.05, 3.63) is 0 Å². The summed E-state index contributed by atoms with van der Waals surface area (Å²) in [4.78, 5) is 17.8. The van der Waals surface area contributed by atoms with Gasteiger partial charge in [0, 0.05) is 11.9 Å². The maximum absolute atomic E-state index is 8.89. The van der Waals surface area contributed by atoms with E-state index in [2.05, 4.69) is 0 Å². The normalized spacial score (nSPS) is 5.00. The van der Waals surface area contributed by atoms with E-state index in [9.17, 15) is 0 Å². The Morgan fingerprint density at radius 2 is 1.00 bits per heavy atom. The van der Waals surface area contributed by atoms with Gasteiger partial charge in [0.05, 0.1) is 0 Å². The standard InChI is InChI=1S/2C2H4O2.Ca.Na.H/c2*1-2(3)4;;;/h2*1H3,(H,3,4);;;/q;;+2;;/p-2. The zero-order valence-corrected chi connectivity index (χ0v) is 7.55. The second-order valence-corrected chi connectivity index (χ2v) is 0.983. The van der Waals surface area contributed by atoms with Crippen molar-refractivity contribution in [3.63, 3.8) is 0 Å². The van der Waals surface area contributed by atoms with E-state index in [-0.39, 0.29) is 67.3 Å². The molecule has 0 radical (unpaired) electrons. The van der Waals surface area contributed by atoms with E-state index in [1.807, 2.05) is 0 Å². The number of hydrogen-bond donors (Lipinski definition) is 0. The first kappa shape index (κ1) is 22.5. The van der Waals surface area contributed by atoms with Gasteiger partial charge in [0.2, 0.25) is 0 Å². The minimum atomic E-state index is -1.08. The van der Waals surface area contributed by atoms with Gasteiger partial charge in [-0.15, -0.1) is 0 Å². The zero-order chi connectivity index (χ0) is 7.15. The van der Waals surface area contributed by atoms with E-state index in [1.165, 1.54) is 0 Å². The Labute approximate surface area is 111 Å². The molecule has 0 aromatic heterocycles. The van der Waals surface area contributed by atoms with Gasteiger partial charge in [-0.05, 0) is 13.8 Å². The van der Waals surface area contributed by atoms with Crippen molar-refractivity contribution in [1.82, 2.24) is 0 Å². The van der Waals surface area contributed by atoms with Crippen LogP contribution in [0.2, 0.25) is 0 Å². The van der Waals surface area contributed by atoms with Crippen LogP contribution in [0.4, 0.5) is 0 Å². The summed E-state index contributed by atoms with van der Waals surface area (Å²) in [6.07, 6.45) is 0. The van der Waals surface area contributed by atoms with Crippen molar-refractivity contribution in [2.24, 2.45) is 0 Å². The van der Waals surface area contributed by atoms with Gasteiger partial charge in [0.25, 0.3) is 0 Å². The van der Waals surface area contributed by atoms with Crippen LogP contribution in [0.5, 0.6) is 0 Å². The Bertz CT molecular complexity index is 75.3. The second kappa shape index (κ2) is 16.7. The molecular weight excluding hydrogens is 175 g/mol. The van der Waals surface area contributed by atoms with E-state index in [1.54, 1.807) is 0 Å². The molecule has 0 aromatic carbocycles. The molecule has 0 aliphatic rings. The van der Waals surface area contributed by atoms with E-state index < -0.39 is 11.9 Å². The van der Waals surface area contributed by atoms with E-state index in [0.717, 1.165) is 13.8 Å². The fraction of sp³-hybridized carbons (Fsp3) is 0.500. The molecule has 6 heteroatoms. The summed E-state index contributed by atoms with van der Waals surface area (Å²) in [5.74, 6) is -2.17. The number of carbonyl (C=O) groups excluding carboxylic acids is 2. The topological polar surface area (TPSA) is 80.3 Å². The molecule has 50 valence electrons. The summed E-state index contributed by atoms with van der Waals surface area (Å²) in [5.41, 5.74) is 0. The third kappa shape index (κ3) is 430. The summed E-state index contributed by atoms with van der Waals surface area (Å²) in [5, 5.41) is 17.8. The quantitative estimate of drug-likeness (QED) is 0.364. The third-order valence-electron chi connectivity index (χ3n) is 0. The van der Waals surface area contributed by atoms with Crippen LogP contribution in [0.1, 0.15) is 13.8 Å². The number of hydrogen-bond acceptors (Lipinski definition) is 4. The van der Waals surface area contributed by atoms with E-state index >= 15 is 0 Å². The number of carboxylic acids is 2. The molecule has 0 saturated carbocycles. The van der Waals surface area contributed by atoms with E-state index in [0.29, 0.717) is 0 Å². The Morgan fingerprint density at radius 3 is 1.00 bits per heavy atom. The van der Waals surface area contributed by atoms with E-state index in [4.69, 9.17) is 19.8 Å². The predicted molar refractivity (Wildman–Crippen MR) is 34.3 cm³/mol. The molecule has 0 N–H and O–H groups in total. The van der Waals surface area contributed by atoms with Crippen LogP contribution < -0.4 is 10.2 Å². The first-order chi connectivity index (χ1) is 3.46. The molecule has 0 fully saturated rings. The van der Waals surface area contributed by atoms with Crippen molar-refractivity contribution < 1.29 is 19.8 Å². The van der Waals surface area contributed by atoms with Crippen molar-refractivity contribution in [1.29, 1.82) is 0 Å². The van der Waals surface area contributed by atoms with Crippen LogP contribution in [0, 0.1) is 0 Å². The van der Waals surface area contributed by atoms with Crippen LogP contribution in [-0.2, 0) is 9.59 Å². The van der Waals surface area contributed by atoms with Crippen LogP contribution in [-0.4, -0.2) is 79.2 Å². The fourth-order valence-electron chi connectivity index (χ4n) is 0. The van der Waals surface area contributed by atoms with Crippen LogP contribution >= 0.6 is 0 Å². The Balaban J connectivity index is -0.0000000300. The average molecular weight is 182 g/mol. The average Bonchev–Trinajstić information content (AvgIpc) is 1.25. The number of rotatable bonds is 0. The van der Waals surface area contributed by atoms with Crippen LogP contribution in [0.15, 0.2) is 0 Å². The zero-order valence-electron chi connectivity index (χ0n) is 5.34. The summed E-state index contributed by atoms with van der Waals surface area (Å²) in [6, 6.07) is 0. The van der Waals surface area contributed by atoms with Gasteiger partial charge in [0.1, 0.15) is 0 Å². The molecule has 0 rings (SSSR count). The summed E-state index contributed by atoms with van der Waals surface area (Å²) in [6.45, 7) is 1.94. The Kier molecular flexibility index (Phi) is 37.4. The summed E-state index contributed by atoms with van der Waals surface area (Å²) in [7, 11) is 0. The van der Waals surface area contributed by atoms with Gasteiger partial charge in [-0.25, -0.2) is 0 Å². The van der Waals surface area contributed by atoms with Crippen LogP contribution in [0.3, 0.4) is 0 Å². The third-order valence-corrected chi connectivity index (χ3v) is 0. The molecule has 0 saturated heterocycles. The number of aliphatic carboxylic acids is 2. The Morgan fingerprint density at radius 1 is 1.00 bits per heavy atom. The molecular formula is C4H7CaNaO4. The van der Waals surface area contributed by atoms with Gasteiger partial charge in [-0.3, -0.25) is 0 Å². The number of carbonyl (C=O) groups is 2. The van der Waals surface area contributed by atoms with Gasteiger partial charge < -0.3 is 19.8 Å². The molecule has 0 bridgehead atoms. The van der Waals surface area contributed by atoms with Gasteiger partial charge in [-0.2, -0.15) is 0 Å². The molecule has 0 heterocycles. The van der Waals surface area contributed by atoms with Crippen molar-refractivity contribution in [3.8, 4) is 0 Å². The minimum absolute atomic E-state index is 0. The van der Waals surface area contributed by atoms with Gasteiger partial charge in [0.15, 0.2) is 0 Å².